The van der Waals surface area contributed by atoms with Crippen molar-refractivity contribution in [1.29, 1.82) is 0 Å². The molecule has 0 aliphatic carbocycles. The normalized spacial score (nSPS) is 10.9. The van der Waals surface area contributed by atoms with Gasteiger partial charge < -0.3 is 4.74 Å². The first-order valence-electron chi connectivity index (χ1n) is 12.5. The van der Waals surface area contributed by atoms with E-state index in [1.54, 1.807) is 30.5 Å². The van der Waals surface area contributed by atoms with E-state index < -0.39 is 11.8 Å². The van der Waals surface area contributed by atoms with Crippen molar-refractivity contribution < 1.29 is 13.9 Å². The molecule has 2 aromatic carbocycles. The number of benzene rings is 2. The Bertz CT molecular complexity index is 1030. The van der Waals surface area contributed by atoms with Crippen molar-refractivity contribution in [3.8, 4) is 17.0 Å². The quantitative estimate of drug-likeness (QED) is 0.148. The molecule has 0 radical (unpaired) electrons. The molecule has 1 heterocycles. The fourth-order valence-corrected chi connectivity index (χ4v) is 3.84. The highest BCUT2D eigenvalue weighted by atomic mass is 19.1. The highest BCUT2D eigenvalue weighted by Gasteiger charge is 2.13. The van der Waals surface area contributed by atoms with E-state index in [2.05, 4.69) is 23.8 Å². The monoisotopic (exact) mass is 462 g/mol. The molecule has 4 nitrogen and oxygen atoms in total. The average Bonchev–Trinajstić information content (AvgIpc) is 2.86. The van der Waals surface area contributed by atoms with Crippen molar-refractivity contribution >= 4 is 5.97 Å². The van der Waals surface area contributed by atoms with E-state index in [0.29, 0.717) is 5.56 Å². The predicted octanol–water partition coefficient (Wildman–Crippen LogP) is 7.75. The molecule has 180 valence electrons. The summed E-state index contributed by atoms with van der Waals surface area (Å²) in [6.07, 6.45) is 14.7. The lowest BCUT2D eigenvalue weighted by Gasteiger charge is -2.08. The van der Waals surface area contributed by atoms with Gasteiger partial charge in [-0.1, -0.05) is 70.6 Å². The number of rotatable bonds is 13. The maximum atomic E-state index is 14.4. The molecule has 3 rings (SSSR count). The summed E-state index contributed by atoms with van der Waals surface area (Å²) in [6, 6.07) is 11.8. The van der Waals surface area contributed by atoms with E-state index in [0.717, 1.165) is 54.6 Å². The van der Waals surface area contributed by atoms with Gasteiger partial charge in [0, 0.05) is 11.8 Å². The Kier molecular flexibility index (Phi) is 10.2. The topological polar surface area (TPSA) is 52.1 Å². The Labute approximate surface area is 202 Å². The van der Waals surface area contributed by atoms with Gasteiger partial charge in [0.25, 0.3) is 0 Å². The number of nitrogens with zero attached hydrogens (tertiary/aromatic N) is 2. The Hall–Kier alpha value is -3.08. The van der Waals surface area contributed by atoms with Gasteiger partial charge in [-0.2, -0.15) is 0 Å². The zero-order valence-corrected chi connectivity index (χ0v) is 20.4. The van der Waals surface area contributed by atoms with Crippen LogP contribution in [0.25, 0.3) is 11.3 Å². The Morgan fingerprint density at radius 2 is 1.53 bits per heavy atom. The summed E-state index contributed by atoms with van der Waals surface area (Å²) in [5.74, 6) is -1.15. The van der Waals surface area contributed by atoms with Crippen LogP contribution >= 0.6 is 0 Å². The van der Waals surface area contributed by atoms with Gasteiger partial charge in [-0.15, -0.1) is 0 Å². The molecule has 1 aromatic heterocycles. The first-order valence-corrected chi connectivity index (χ1v) is 12.5. The van der Waals surface area contributed by atoms with Crippen molar-refractivity contribution in [3.05, 3.63) is 77.5 Å². The number of aromatic nitrogens is 2. The molecule has 0 amide bonds. The van der Waals surface area contributed by atoms with Crippen molar-refractivity contribution in [1.82, 2.24) is 9.97 Å². The zero-order valence-electron chi connectivity index (χ0n) is 20.4. The summed E-state index contributed by atoms with van der Waals surface area (Å²) in [7, 11) is 0. The molecule has 0 fully saturated rings. The molecule has 0 aliphatic heterocycles. The van der Waals surface area contributed by atoms with Crippen molar-refractivity contribution in [2.24, 2.45) is 0 Å². The third kappa shape index (κ3) is 7.75. The SMILES string of the molecule is CCCCCCc1ccc(OC(=O)c2ccc(-c3cnc(CCCCCC)cn3)cc2)c(F)c1. The molecule has 5 heteroatoms. The number of esters is 1. The Balaban J connectivity index is 1.55. The van der Waals surface area contributed by atoms with Crippen LogP contribution in [-0.2, 0) is 12.8 Å². The lowest BCUT2D eigenvalue weighted by Crippen LogP contribution is -2.09. The number of carbonyl (C=O) groups excluding carboxylic acids is 1. The van der Waals surface area contributed by atoms with E-state index in [1.807, 2.05) is 12.3 Å². The molecular formula is C29H35FN2O2. The zero-order chi connectivity index (χ0) is 24.2. The number of unbranched alkanes of at least 4 members (excludes halogenated alkanes) is 6. The Morgan fingerprint density at radius 1 is 0.824 bits per heavy atom. The van der Waals surface area contributed by atoms with Gasteiger partial charge in [0.2, 0.25) is 0 Å². The molecule has 0 aliphatic rings. The van der Waals surface area contributed by atoms with Gasteiger partial charge >= 0.3 is 5.97 Å². The maximum absolute atomic E-state index is 14.4. The average molecular weight is 463 g/mol. The second-order valence-corrected chi connectivity index (χ2v) is 8.75. The van der Waals surface area contributed by atoms with Gasteiger partial charge in [-0.05, 0) is 55.5 Å². The predicted molar refractivity (Wildman–Crippen MR) is 135 cm³/mol. The number of halogens is 1. The van der Waals surface area contributed by atoms with Crippen LogP contribution in [-0.4, -0.2) is 15.9 Å². The van der Waals surface area contributed by atoms with Crippen molar-refractivity contribution in [3.63, 3.8) is 0 Å². The molecule has 3 aromatic rings. The summed E-state index contributed by atoms with van der Waals surface area (Å²) >= 11 is 0. The van der Waals surface area contributed by atoms with Crippen LogP contribution in [0.3, 0.4) is 0 Å². The molecule has 0 saturated heterocycles. The first kappa shape index (κ1) is 25.5. The minimum Gasteiger partial charge on any atom is -0.420 e. The summed E-state index contributed by atoms with van der Waals surface area (Å²) in [5.41, 5.74) is 3.88. The molecular weight excluding hydrogens is 427 g/mol. The summed E-state index contributed by atoms with van der Waals surface area (Å²) < 4.78 is 19.7. The van der Waals surface area contributed by atoms with Gasteiger partial charge in [-0.25, -0.2) is 9.18 Å². The molecule has 0 saturated carbocycles. The van der Waals surface area contributed by atoms with Crippen LogP contribution in [0.2, 0.25) is 0 Å². The molecule has 0 unspecified atom stereocenters. The van der Waals surface area contributed by atoms with Gasteiger partial charge in [0.05, 0.1) is 23.1 Å². The Morgan fingerprint density at radius 3 is 2.15 bits per heavy atom. The third-order valence-corrected chi connectivity index (χ3v) is 5.93. The molecule has 0 spiro atoms. The largest absolute Gasteiger partial charge is 0.420 e. The van der Waals surface area contributed by atoms with Crippen LogP contribution in [0, 0.1) is 5.82 Å². The summed E-state index contributed by atoms with van der Waals surface area (Å²) in [6.45, 7) is 4.36. The van der Waals surface area contributed by atoms with Gasteiger partial charge in [0.15, 0.2) is 11.6 Å². The van der Waals surface area contributed by atoms with E-state index in [1.165, 1.54) is 44.2 Å². The highest BCUT2D eigenvalue weighted by Crippen LogP contribution is 2.22. The molecule has 0 N–H and O–H groups in total. The standard InChI is InChI=1S/C29H35FN2O2/c1-3-5-7-9-11-22-13-18-28(26(30)19-22)34-29(33)24-16-14-23(15-17-24)27-21-31-25(20-32-27)12-10-8-6-4-2/h13-21H,3-12H2,1-2H3. The lowest BCUT2D eigenvalue weighted by atomic mass is 10.1. The summed E-state index contributed by atoms with van der Waals surface area (Å²) in [4.78, 5) is 21.5. The number of carbonyl (C=O) groups is 1. The van der Waals surface area contributed by atoms with E-state index >= 15 is 0 Å². The van der Waals surface area contributed by atoms with Crippen LogP contribution < -0.4 is 4.74 Å². The second kappa shape index (κ2) is 13.6. The fourth-order valence-electron chi connectivity index (χ4n) is 3.84. The third-order valence-electron chi connectivity index (χ3n) is 5.93. The molecule has 34 heavy (non-hydrogen) atoms. The smallest absolute Gasteiger partial charge is 0.343 e. The maximum Gasteiger partial charge on any atom is 0.343 e. The highest BCUT2D eigenvalue weighted by molar-refractivity contribution is 5.91. The summed E-state index contributed by atoms with van der Waals surface area (Å²) in [5, 5.41) is 0. The van der Waals surface area contributed by atoms with E-state index in [9.17, 15) is 9.18 Å². The van der Waals surface area contributed by atoms with Crippen LogP contribution in [0.15, 0.2) is 54.9 Å². The van der Waals surface area contributed by atoms with Crippen LogP contribution in [0.5, 0.6) is 5.75 Å². The number of hydrogen-bond acceptors (Lipinski definition) is 4. The molecule has 0 atom stereocenters. The number of hydrogen-bond donors (Lipinski definition) is 0. The van der Waals surface area contributed by atoms with Crippen LogP contribution in [0.1, 0.15) is 86.8 Å². The lowest BCUT2D eigenvalue weighted by molar-refractivity contribution is 0.0728. The fraction of sp³-hybridized carbons (Fsp3) is 0.414. The minimum absolute atomic E-state index is 0.0493. The van der Waals surface area contributed by atoms with E-state index in [-0.39, 0.29) is 5.75 Å². The molecule has 0 bridgehead atoms. The number of ether oxygens (including phenoxy) is 1. The van der Waals surface area contributed by atoms with Gasteiger partial charge in [0.1, 0.15) is 0 Å². The second-order valence-electron chi connectivity index (χ2n) is 8.75. The first-order chi connectivity index (χ1) is 16.6. The number of aryl methyl sites for hydroxylation is 2. The van der Waals surface area contributed by atoms with Crippen molar-refractivity contribution in [2.45, 2.75) is 78.1 Å². The van der Waals surface area contributed by atoms with Crippen molar-refractivity contribution in [2.75, 3.05) is 0 Å². The van der Waals surface area contributed by atoms with E-state index in [4.69, 9.17) is 4.74 Å². The minimum atomic E-state index is -0.588. The van der Waals surface area contributed by atoms with Crippen LogP contribution in [0.4, 0.5) is 4.39 Å². The van der Waals surface area contributed by atoms with Gasteiger partial charge in [-0.3, -0.25) is 9.97 Å².